The number of rotatable bonds is 7. The van der Waals surface area contributed by atoms with Gasteiger partial charge >= 0.3 is 10.1 Å². The largest absolute Gasteiger partial charge is 0.493 e. The summed E-state index contributed by atoms with van der Waals surface area (Å²) in [5, 5.41) is 3.74. The molecule has 8 heteroatoms. The minimum atomic E-state index is -4.00. The second-order valence-corrected chi connectivity index (χ2v) is 11.0. The molecular formula is C28H31N3O4S. The number of ether oxygens (including phenoxy) is 1. The van der Waals surface area contributed by atoms with Crippen molar-refractivity contribution in [3.63, 3.8) is 0 Å². The zero-order valence-electron chi connectivity index (χ0n) is 20.8. The number of nitrogens with one attached hydrogen (secondary N) is 1. The Morgan fingerprint density at radius 1 is 0.917 bits per heavy atom. The molecule has 0 atom stereocenters. The van der Waals surface area contributed by atoms with Crippen molar-refractivity contribution in [2.24, 2.45) is 0 Å². The lowest BCUT2D eigenvalue weighted by molar-refractivity contribution is 0.391. The summed E-state index contributed by atoms with van der Waals surface area (Å²) in [6, 6.07) is 16.3. The van der Waals surface area contributed by atoms with Crippen LogP contribution in [-0.2, 0) is 10.1 Å². The number of hydrogen-bond donors (Lipinski definition) is 1. The fourth-order valence-corrected chi connectivity index (χ4v) is 5.62. The van der Waals surface area contributed by atoms with E-state index < -0.39 is 10.1 Å². The van der Waals surface area contributed by atoms with Crippen LogP contribution >= 0.6 is 0 Å². The second kappa shape index (κ2) is 9.85. The summed E-state index contributed by atoms with van der Waals surface area (Å²) in [5.74, 6) is 1.38. The molecule has 0 spiro atoms. The number of aromatic nitrogens is 2. The molecule has 0 aliphatic heterocycles. The summed E-state index contributed by atoms with van der Waals surface area (Å²) >= 11 is 0. The topological polar surface area (TPSA) is 81.9 Å². The van der Waals surface area contributed by atoms with Crippen molar-refractivity contribution in [2.75, 3.05) is 12.4 Å². The Bertz CT molecular complexity index is 1490. The van der Waals surface area contributed by atoms with E-state index in [0.717, 1.165) is 46.7 Å². The van der Waals surface area contributed by atoms with Gasteiger partial charge in [0.05, 0.1) is 7.11 Å². The van der Waals surface area contributed by atoms with Crippen LogP contribution in [0.2, 0.25) is 0 Å². The lowest BCUT2D eigenvalue weighted by Gasteiger charge is -2.24. The van der Waals surface area contributed by atoms with Gasteiger partial charge in [-0.05, 0) is 74.7 Å². The van der Waals surface area contributed by atoms with E-state index in [0.29, 0.717) is 11.8 Å². The van der Waals surface area contributed by atoms with Crippen molar-refractivity contribution in [3.05, 3.63) is 71.9 Å². The molecule has 7 nitrogen and oxygen atoms in total. The van der Waals surface area contributed by atoms with Crippen LogP contribution in [0.25, 0.3) is 16.9 Å². The number of benzene rings is 2. The molecule has 0 amide bonds. The summed E-state index contributed by atoms with van der Waals surface area (Å²) < 4.78 is 38.8. The van der Waals surface area contributed by atoms with Crippen LogP contribution in [0, 0.1) is 13.8 Å². The molecule has 1 aliphatic rings. The highest BCUT2D eigenvalue weighted by atomic mass is 32.2. The molecule has 5 rings (SSSR count). The zero-order valence-corrected chi connectivity index (χ0v) is 21.6. The maximum atomic E-state index is 12.9. The predicted octanol–water partition coefficient (Wildman–Crippen LogP) is 6.14. The third kappa shape index (κ3) is 4.91. The van der Waals surface area contributed by atoms with Gasteiger partial charge in [-0.3, -0.25) is 4.40 Å². The van der Waals surface area contributed by atoms with Crippen molar-refractivity contribution >= 4 is 21.6 Å². The van der Waals surface area contributed by atoms with Crippen LogP contribution in [0.15, 0.2) is 65.7 Å². The Morgan fingerprint density at radius 2 is 1.67 bits per heavy atom. The summed E-state index contributed by atoms with van der Waals surface area (Å²) in [7, 11) is -2.51. The van der Waals surface area contributed by atoms with E-state index in [4.69, 9.17) is 13.9 Å². The molecule has 0 unspecified atom stereocenters. The minimum Gasteiger partial charge on any atom is -0.493 e. The monoisotopic (exact) mass is 505 g/mol. The molecule has 1 N–H and O–H groups in total. The van der Waals surface area contributed by atoms with Gasteiger partial charge < -0.3 is 14.2 Å². The molecule has 1 aliphatic carbocycles. The first-order valence-corrected chi connectivity index (χ1v) is 13.7. The molecule has 2 heterocycles. The minimum absolute atomic E-state index is 0.0916. The first-order valence-electron chi connectivity index (χ1n) is 12.3. The molecule has 1 saturated carbocycles. The van der Waals surface area contributed by atoms with E-state index in [2.05, 4.69) is 21.9 Å². The Balaban J connectivity index is 1.52. The van der Waals surface area contributed by atoms with Gasteiger partial charge in [0.1, 0.15) is 22.1 Å². The molecule has 4 aromatic rings. The summed E-state index contributed by atoms with van der Waals surface area (Å²) in [4.78, 5) is 5.02. The predicted molar refractivity (Wildman–Crippen MR) is 141 cm³/mol. The highest BCUT2D eigenvalue weighted by Gasteiger charge is 2.23. The number of pyridine rings is 1. The molecule has 2 aromatic carbocycles. The molecular weight excluding hydrogens is 474 g/mol. The maximum absolute atomic E-state index is 12.9. The van der Waals surface area contributed by atoms with Crippen LogP contribution in [0.4, 0.5) is 5.82 Å². The quantitative estimate of drug-likeness (QED) is 0.304. The fourth-order valence-electron chi connectivity index (χ4n) is 4.68. The van der Waals surface area contributed by atoms with Crippen LogP contribution in [0.1, 0.15) is 43.2 Å². The lowest BCUT2D eigenvalue weighted by atomic mass is 9.95. The number of imidazole rings is 1. The van der Waals surface area contributed by atoms with Crippen molar-refractivity contribution in [2.45, 2.75) is 56.9 Å². The summed E-state index contributed by atoms with van der Waals surface area (Å²) in [6.07, 6.45) is 8.02. The summed E-state index contributed by atoms with van der Waals surface area (Å²) in [5.41, 5.74) is 4.55. The zero-order chi connectivity index (χ0) is 25.3. The van der Waals surface area contributed by atoms with E-state index in [1.807, 2.05) is 26.1 Å². The van der Waals surface area contributed by atoms with E-state index in [-0.39, 0.29) is 10.6 Å². The number of methoxy groups -OCH3 is 1. The average molecular weight is 506 g/mol. The molecule has 2 aromatic heterocycles. The third-order valence-corrected chi connectivity index (χ3v) is 7.92. The van der Waals surface area contributed by atoms with Crippen LogP contribution in [-0.4, -0.2) is 31.0 Å². The molecule has 36 heavy (non-hydrogen) atoms. The third-order valence-electron chi connectivity index (χ3n) is 6.67. The van der Waals surface area contributed by atoms with Crippen LogP contribution in [0.5, 0.6) is 11.5 Å². The first-order chi connectivity index (χ1) is 17.3. The normalized spacial score (nSPS) is 14.6. The van der Waals surface area contributed by atoms with Gasteiger partial charge in [-0.2, -0.15) is 8.42 Å². The van der Waals surface area contributed by atoms with Gasteiger partial charge in [0.2, 0.25) is 0 Å². The highest BCUT2D eigenvalue weighted by Crippen LogP contribution is 2.38. The Hall–Kier alpha value is -3.52. The molecule has 0 radical (unpaired) electrons. The number of nitrogens with zero attached hydrogens (tertiary/aromatic N) is 2. The van der Waals surface area contributed by atoms with E-state index in [1.165, 1.54) is 38.5 Å². The van der Waals surface area contributed by atoms with Crippen molar-refractivity contribution in [1.29, 1.82) is 0 Å². The standard InChI is InChI=1S/C28H31N3O4S/c1-19-9-12-23(13-10-19)36(32,33)35-24-14-11-21(18-25(24)34-3)27-28(29-22-7-5-4-6-8-22)31-16-15-20(2)17-26(31)30-27/h9-18,22,29H,4-8H2,1-3H3. The van der Waals surface area contributed by atoms with Gasteiger partial charge in [-0.25, -0.2) is 4.98 Å². The Kier molecular flexibility index (Phi) is 6.62. The second-order valence-electron chi connectivity index (χ2n) is 9.44. The smallest absolute Gasteiger partial charge is 0.339 e. The maximum Gasteiger partial charge on any atom is 0.339 e. The van der Waals surface area contributed by atoms with Crippen molar-refractivity contribution in [1.82, 2.24) is 9.38 Å². The number of anilines is 1. The fraction of sp³-hybridized carbons (Fsp3) is 0.321. The molecule has 0 bridgehead atoms. The van der Waals surface area contributed by atoms with E-state index in [9.17, 15) is 8.42 Å². The average Bonchev–Trinajstić information content (AvgIpc) is 3.22. The van der Waals surface area contributed by atoms with Gasteiger partial charge in [0, 0.05) is 17.8 Å². The highest BCUT2D eigenvalue weighted by molar-refractivity contribution is 7.87. The Morgan fingerprint density at radius 3 is 2.39 bits per heavy atom. The molecule has 0 saturated heterocycles. The number of aryl methyl sites for hydroxylation is 2. The SMILES string of the molecule is COc1cc(-c2nc3cc(C)ccn3c2NC2CCCCC2)ccc1OS(=O)(=O)c1ccc(C)cc1. The lowest BCUT2D eigenvalue weighted by Crippen LogP contribution is -2.23. The van der Waals surface area contributed by atoms with Crippen molar-refractivity contribution < 1.29 is 17.3 Å². The number of fused-ring (bicyclic) bond motifs is 1. The van der Waals surface area contributed by atoms with E-state index >= 15 is 0 Å². The van der Waals surface area contributed by atoms with E-state index in [1.54, 1.807) is 24.3 Å². The van der Waals surface area contributed by atoms with Gasteiger partial charge in [-0.15, -0.1) is 0 Å². The molecule has 188 valence electrons. The van der Waals surface area contributed by atoms with Gasteiger partial charge in [-0.1, -0.05) is 37.0 Å². The first kappa shape index (κ1) is 24.2. The molecule has 1 fully saturated rings. The van der Waals surface area contributed by atoms with Crippen molar-refractivity contribution in [3.8, 4) is 22.8 Å². The Labute approximate surface area is 212 Å². The van der Waals surface area contributed by atoms with Crippen LogP contribution < -0.4 is 14.2 Å². The summed E-state index contributed by atoms with van der Waals surface area (Å²) in [6.45, 7) is 3.95. The van der Waals surface area contributed by atoms with Gasteiger partial charge in [0.25, 0.3) is 0 Å². The van der Waals surface area contributed by atoms with Gasteiger partial charge in [0.15, 0.2) is 11.5 Å². The van der Waals surface area contributed by atoms with Crippen LogP contribution in [0.3, 0.4) is 0 Å². The number of hydrogen-bond acceptors (Lipinski definition) is 6.